The number of rotatable bonds is 5. The molecule has 0 aliphatic carbocycles. The Morgan fingerprint density at radius 2 is 2.10 bits per heavy atom. The Balaban J connectivity index is 2.84. The lowest BCUT2D eigenvalue weighted by molar-refractivity contribution is -0.109. The Bertz CT molecular complexity index is 91.3. The van der Waals surface area contributed by atoms with Crippen molar-refractivity contribution >= 4 is 16.9 Å². The van der Waals surface area contributed by atoms with Gasteiger partial charge in [-0.3, -0.25) is 4.79 Å². The zero-order valence-electron chi connectivity index (χ0n) is 6.56. The summed E-state index contributed by atoms with van der Waals surface area (Å²) < 4.78 is 0. The van der Waals surface area contributed by atoms with Crippen LogP contribution in [0.5, 0.6) is 0 Å². The van der Waals surface area contributed by atoms with Gasteiger partial charge in [0.2, 0.25) is 0 Å². The largest absolute Gasteiger partial charge is 0.288 e. The van der Waals surface area contributed by atoms with Crippen LogP contribution in [0.25, 0.3) is 0 Å². The predicted molar refractivity (Wildman–Crippen MR) is 47.0 cm³/mol. The summed E-state index contributed by atoms with van der Waals surface area (Å²) in [6.45, 7) is 5.36. The standard InChI is InChI=1S/C8H15OS/c1-3-4-5-6-7-10-8(2)9/h1,3-7H2,2H3. The molecule has 0 N–H and O–H groups in total. The SMILES string of the molecule is [CH2]CCCCCSC(C)=O. The van der Waals surface area contributed by atoms with Crippen LogP contribution in [0.2, 0.25) is 0 Å². The first-order valence-electron chi connectivity index (χ1n) is 3.70. The number of hydrogen-bond acceptors (Lipinski definition) is 2. The molecule has 59 valence electrons. The van der Waals surface area contributed by atoms with Crippen molar-refractivity contribution in [2.75, 3.05) is 5.75 Å². The molecule has 0 fully saturated rings. The summed E-state index contributed by atoms with van der Waals surface area (Å²) in [5.41, 5.74) is 0. The molecule has 0 heterocycles. The minimum absolute atomic E-state index is 0.231. The zero-order valence-corrected chi connectivity index (χ0v) is 7.38. The summed E-state index contributed by atoms with van der Waals surface area (Å²) in [5.74, 6) is 0.981. The molecule has 0 rings (SSSR count). The molecule has 0 saturated carbocycles. The lowest BCUT2D eigenvalue weighted by Gasteiger charge is -1.95. The van der Waals surface area contributed by atoms with E-state index in [2.05, 4.69) is 6.92 Å². The van der Waals surface area contributed by atoms with Crippen molar-refractivity contribution < 1.29 is 4.79 Å². The summed E-state index contributed by atoms with van der Waals surface area (Å²) in [6, 6.07) is 0. The summed E-state index contributed by atoms with van der Waals surface area (Å²) in [7, 11) is 0. The van der Waals surface area contributed by atoms with Crippen LogP contribution in [0.3, 0.4) is 0 Å². The Labute approximate surface area is 67.6 Å². The van der Waals surface area contributed by atoms with Gasteiger partial charge in [0.1, 0.15) is 0 Å². The molecule has 0 saturated heterocycles. The van der Waals surface area contributed by atoms with E-state index >= 15 is 0 Å². The van der Waals surface area contributed by atoms with Crippen LogP contribution in [-0.4, -0.2) is 10.9 Å². The molecule has 0 aromatic heterocycles. The topological polar surface area (TPSA) is 17.1 Å². The molecule has 1 radical (unpaired) electrons. The second kappa shape index (κ2) is 7.13. The highest BCUT2D eigenvalue weighted by molar-refractivity contribution is 8.13. The average molecular weight is 159 g/mol. The summed E-state index contributed by atoms with van der Waals surface area (Å²) in [6.07, 6.45) is 4.58. The Morgan fingerprint density at radius 3 is 2.60 bits per heavy atom. The quantitative estimate of drug-likeness (QED) is 0.574. The summed E-state index contributed by atoms with van der Waals surface area (Å²) in [5, 5.41) is 0.231. The normalized spacial score (nSPS) is 9.80. The summed E-state index contributed by atoms with van der Waals surface area (Å²) >= 11 is 1.42. The maximum atomic E-state index is 10.4. The third-order valence-corrected chi connectivity index (χ3v) is 2.10. The molecule has 0 amide bonds. The molecule has 0 aliphatic rings. The van der Waals surface area contributed by atoms with E-state index in [0.717, 1.165) is 18.6 Å². The van der Waals surface area contributed by atoms with E-state index in [0.29, 0.717) is 0 Å². The van der Waals surface area contributed by atoms with E-state index in [4.69, 9.17) is 0 Å². The molecule has 0 aromatic rings. The van der Waals surface area contributed by atoms with Gasteiger partial charge in [-0.2, -0.15) is 0 Å². The van der Waals surface area contributed by atoms with Crippen LogP contribution in [0, 0.1) is 6.92 Å². The monoisotopic (exact) mass is 159 g/mol. The van der Waals surface area contributed by atoms with Gasteiger partial charge in [-0.05, 0) is 6.42 Å². The van der Waals surface area contributed by atoms with Crippen LogP contribution in [0.1, 0.15) is 32.6 Å². The predicted octanol–water partition coefficient (Wildman–Crippen LogP) is 2.66. The van der Waals surface area contributed by atoms with Crippen molar-refractivity contribution in [1.82, 2.24) is 0 Å². The van der Waals surface area contributed by atoms with Crippen molar-refractivity contribution in [3.05, 3.63) is 6.92 Å². The van der Waals surface area contributed by atoms with Gasteiger partial charge in [0, 0.05) is 12.7 Å². The number of carbonyl (C=O) groups excluding carboxylic acids is 1. The lowest BCUT2D eigenvalue weighted by Crippen LogP contribution is -1.85. The number of carbonyl (C=O) groups is 1. The van der Waals surface area contributed by atoms with E-state index in [1.165, 1.54) is 24.6 Å². The highest BCUT2D eigenvalue weighted by Gasteiger charge is 1.92. The van der Waals surface area contributed by atoms with Gasteiger partial charge in [0.15, 0.2) is 5.12 Å². The lowest BCUT2D eigenvalue weighted by atomic mass is 10.2. The zero-order chi connectivity index (χ0) is 7.82. The highest BCUT2D eigenvalue weighted by atomic mass is 32.2. The first-order valence-corrected chi connectivity index (χ1v) is 4.68. The summed E-state index contributed by atoms with van der Waals surface area (Å²) in [4.78, 5) is 10.4. The van der Waals surface area contributed by atoms with E-state index in [9.17, 15) is 4.79 Å². The molecule has 0 aliphatic heterocycles. The van der Waals surface area contributed by atoms with Crippen LogP contribution in [-0.2, 0) is 4.79 Å². The average Bonchev–Trinajstić information content (AvgIpc) is 1.87. The second-order valence-electron chi connectivity index (χ2n) is 2.25. The van der Waals surface area contributed by atoms with Crippen LogP contribution >= 0.6 is 11.8 Å². The third-order valence-electron chi connectivity index (χ3n) is 1.20. The maximum absolute atomic E-state index is 10.4. The Hall–Kier alpha value is 0.0200. The highest BCUT2D eigenvalue weighted by Crippen LogP contribution is 2.07. The van der Waals surface area contributed by atoms with Gasteiger partial charge < -0.3 is 0 Å². The molecular formula is C8H15OS. The smallest absolute Gasteiger partial charge is 0.185 e. The molecule has 0 unspecified atom stereocenters. The molecule has 1 nitrogen and oxygen atoms in total. The van der Waals surface area contributed by atoms with Crippen molar-refractivity contribution in [3.8, 4) is 0 Å². The van der Waals surface area contributed by atoms with E-state index in [1.54, 1.807) is 6.92 Å². The molecule has 10 heavy (non-hydrogen) atoms. The Morgan fingerprint density at radius 1 is 1.40 bits per heavy atom. The van der Waals surface area contributed by atoms with Crippen molar-refractivity contribution in [1.29, 1.82) is 0 Å². The Kier molecular flexibility index (Phi) is 7.15. The van der Waals surface area contributed by atoms with Gasteiger partial charge in [0.05, 0.1) is 0 Å². The number of thioether (sulfide) groups is 1. The van der Waals surface area contributed by atoms with Gasteiger partial charge in [0.25, 0.3) is 0 Å². The van der Waals surface area contributed by atoms with Crippen LogP contribution < -0.4 is 0 Å². The van der Waals surface area contributed by atoms with Crippen molar-refractivity contribution in [2.24, 2.45) is 0 Å². The van der Waals surface area contributed by atoms with Gasteiger partial charge in [-0.1, -0.05) is 37.9 Å². The van der Waals surface area contributed by atoms with Gasteiger partial charge >= 0.3 is 0 Å². The second-order valence-corrected chi connectivity index (χ2v) is 3.53. The molecule has 0 atom stereocenters. The molecule has 0 spiro atoms. The first-order chi connectivity index (χ1) is 4.77. The fourth-order valence-corrected chi connectivity index (χ4v) is 1.31. The van der Waals surface area contributed by atoms with Crippen LogP contribution in [0.15, 0.2) is 0 Å². The molecule has 2 heteroatoms. The third kappa shape index (κ3) is 8.02. The van der Waals surface area contributed by atoms with Gasteiger partial charge in [-0.25, -0.2) is 0 Å². The number of unbranched alkanes of at least 4 members (excludes halogenated alkanes) is 3. The van der Waals surface area contributed by atoms with Crippen molar-refractivity contribution in [2.45, 2.75) is 32.6 Å². The minimum atomic E-state index is 0.231. The van der Waals surface area contributed by atoms with E-state index in [1.807, 2.05) is 0 Å². The van der Waals surface area contributed by atoms with E-state index < -0.39 is 0 Å². The van der Waals surface area contributed by atoms with Crippen molar-refractivity contribution in [3.63, 3.8) is 0 Å². The van der Waals surface area contributed by atoms with Gasteiger partial charge in [-0.15, -0.1) is 0 Å². The molecular weight excluding hydrogens is 144 g/mol. The maximum Gasteiger partial charge on any atom is 0.185 e. The molecule has 0 bridgehead atoms. The fraction of sp³-hybridized carbons (Fsp3) is 0.750. The first kappa shape index (κ1) is 10.0. The molecule has 0 aromatic carbocycles. The number of hydrogen-bond donors (Lipinski definition) is 0. The fourth-order valence-electron chi connectivity index (χ4n) is 0.672. The minimum Gasteiger partial charge on any atom is -0.288 e. The van der Waals surface area contributed by atoms with E-state index in [-0.39, 0.29) is 5.12 Å². The van der Waals surface area contributed by atoms with Crippen LogP contribution in [0.4, 0.5) is 0 Å².